The zero-order valence-corrected chi connectivity index (χ0v) is 6.73. The number of hydrazine groups is 2. The molecule has 0 radical (unpaired) electrons. The van der Waals surface area contributed by atoms with Crippen molar-refractivity contribution in [3.8, 4) is 0 Å². The first-order valence-corrected chi connectivity index (χ1v) is 3.95. The molecule has 13 heavy (non-hydrogen) atoms. The first-order chi connectivity index (χ1) is 6.45. The van der Waals surface area contributed by atoms with Crippen molar-refractivity contribution in [2.45, 2.75) is 0 Å². The van der Waals surface area contributed by atoms with Crippen LogP contribution < -0.4 is 16.0 Å². The molecule has 0 atom stereocenters. The van der Waals surface area contributed by atoms with Crippen molar-refractivity contribution < 1.29 is 0 Å². The van der Waals surface area contributed by atoms with Gasteiger partial charge in [0.25, 0.3) is 0 Å². The fourth-order valence-electron chi connectivity index (χ4n) is 1.40. The van der Waals surface area contributed by atoms with Crippen LogP contribution in [0.4, 0.5) is 5.69 Å². The van der Waals surface area contributed by atoms with Gasteiger partial charge in [-0.05, 0) is 6.07 Å². The minimum absolute atomic E-state index is 0.860. The summed E-state index contributed by atoms with van der Waals surface area (Å²) < 4.78 is 0. The van der Waals surface area contributed by atoms with Gasteiger partial charge < -0.3 is 5.43 Å². The zero-order chi connectivity index (χ0) is 8.67. The van der Waals surface area contributed by atoms with E-state index in [0.717, 1.165) is 17.1 Å². The van der Waals surface area contributed by atoms with E-state index < -0.39 is 0 Å². The standard InChI is InChI=1S/C8H7N5/c1-2-9-3-6-4-10-8-5-11-12-13(8)7(1)6/h1-5,11-12H. The molecule has 1 aromatic rings. The molecular formula is C8H7N5. The maximum atomic E-state index is 4.23. The Morgan fingerprint density at radius 2 is 2.38 bits per heavy atom. The van der Waals surface area contributed by atoms with Crippen LogP contribution in [0.2, 0.25) is 0 Å². The molecule has 2 aliphatic rings. The van der Waals surface area contributed by atoms with E-state index in [1.165, 1.54) is 0 Å². The molecule has 3 heterocycles. The molecule has 0 unspecified atom stereocenters. The summed E-state index contributed by atoms with van der Waals surface area (Å²) in [6.45, 7) is 0. The van der Waals surface area contributed by atoms with Crippen LogP contribution in [0.5, 0.6) is 0 Å². The Labute approximate surface area is 74.7 Å². The summed E-state index contributed by atoms with van der Waals surface area (Å²) in [6.07, 6.45) is 7.16. The Morgan fingerprint density at radius 3 is 3.38 bits per heavy atom. The van der Waals surface area contributed by atoms with Crippen molar-refractivity contribution in [2.24, 2.45) is 4.99 Å². The highest BCUT2D eigenvalue weighted by atomic mass is 15.7. The molecule has 0 saturated heterocycles. The molecule has 2 N–H and O–H groups in total. The monoisotopic (exact) mass is 173 g/mol. The van der Waals surface area contributed by atoms with Crippen molar-refractivity contribution in [1.82, 2.24) is 15.9 Å². The molecule has 5 heteroatoms. The molecule has 64 valence electrons. The summed E-state index contributed by atoms with van der Waals surface area (Å²) in [5.41, 5.74) is 7.92. The Balaban J connectivity index is 2.20. The smallest absolute Gasteiger partial charge is 0.166 e. The molecule has 0 bridgehead atoms. The van der Waals surface area contributed by atoms with Crippen LogP contribution >= 0.6 is 0 Å². The zero-order valence-electron chi connectivity index (χ0n) is 6.73. The van der Waals surface area contributed by atoms with Gasteiger partial charge in [-0.25, -0.2) is 10.0 Å². The second kappa shape index (κ2) is 2.30. The molecule has 5 nitrogen and oxygen atoms in total. The lowest BCUT2D eigenvalue weighted by Gasteiger charge is -2.22. The van der Waals surface area contributed by atoms with Gasteiger partial charge in [-0.15, -0.1) is 5.53 Å². The summed E-state index contributed by atoms with van der Waals surface area (Å²) in [6, 6.07) is 1.94. The number of nitrogens with one attached hydrogen (secondary N) is 2. The predicted octanol–water partition coefficient (Wildman–Crippen LogP) is 0.142. The first-order valence-electron chi connectivity index (χ1n) is 3.95. The second-order valence-corrected chi connectivity index (χ2v) is 2.79. The lowest BCUT2D eigenvalue weighted by atomic mass is 10.2. The van der Waals surface area contributed by atoms with Gasteiger partial charge in [-0.1, -0.05) is 0 Å². The summed E-state index contributed by atoms with van der Waals surface area (Å²) in [4.78, 5) is 8.26. The van der Waals surface area contributed by atoms with Crippen LogP contribution in [0, 0.1) is 0 Å². The number of fused-ring (bicyclic) bond motifs is 3. The Kier molecular flexibility index (Phi) is 1.17. The fourth-order valence-corrected chi connectivity index (χ4v) is 1.40. The molecule has 3 rings (SSSR count). The van der Waals surface area contributed by atoms with Crippen LogP contribution in [-0.4, -0.2) is 11.2 Å². The molecule has 2 aliphatic heterocycles. The number of aliphatic imine (C=N–C) groups is 1. The van der Waals surface area contributed by atoms with Gasteiger partial charge in [0.2, 0.25) is 0 Å². The first kappa shape index (κ1) is 6.62. The quantitative estimate of drug-likeness (QED) is 0.586. The van der Waals surface area contributed by atoms with Crippen molar-refractivity contribution in [2.75, 3.05) is 5.01 Å². The lowest BCUT2D eigenvalue weighted by Crippen LogP contribution is -2.38. The molecule has 0 saturated carbocycles. The number of hydrogen-bond acceptors (Lipinski definition) is 5. The van der Waals surface area contributed by atoms with Gasteiger partial charge >= 0.3 is 0 Å². The molecule has 0 aliphatic carbocycles. The minimum Gasteiger partial charge on any atom is -0.307 e. The highest BCUT2D eigenvalue weighted by Gasteiger charge is 2.21. The van der Waals surface area contributed by atoms with Gasteiger partial charge in [0.1, 0.15) is 0 Å². The predicted molar refractivity (Wildman–Crippen MR) is 48.7 cm³/mol. The molecule has 0 fully saturated rings. The third-order valence-corrected chi connectivity index (χ3v) is 2.01. The van der Waals surface area contributed by atoms with Crippen LogP contribution in [0.1, 0.15) is 5.56 Å². The van der Waals surface area contributed by atoms with Gasteiger partial charge in [-0.3, -0.25) is 4.98 Å². The maximum absolute atomic E-state index is 4.23. The van der Waals surface area contributed by atoms with E-state index in [2.05, 4.69) is 20.9 Å². The average molecular weight is 173 g/mol. The van der Waals surface area contributed by atoms with Crippen LogP contribution in [-0.2, 0) is 0 Å². The normalized spacial score (nSPS) is 17.5. The van der Waals surface area contributed by atoms with E-state index in [1.54, 1.807) is 24.8 Å². The number of anilines is 1. The average Bonchev–Trinajstić information content (AvgIpc) is 2.65. The van der Waals surface area contributed by atoms with Crippen molar-refractivity contribution in [3.63, 3.8) is 0 Å². The van der Waals surface area contributed by atoms with Gasteiger partial charge in [-0.2, -0.15) is 0 Å². The highest BCUT2D eigenvalue weighted by Crippen LogP contribution is 2.25. The number of aromatic nitrogens is 1. The Bertz CT molecular complexity index is 409. The molecular weight excluding hydrogens is 166 g/mol. The molecule has 1 aromatic heterocycles. The summed E-state index contributed by atoms with van der Waals surface area (Å²) in [5.74, 6) is 0.860. The van der Waals surface area contributed by atoms with E-state index in [4.69, 9.17) is 0 Å². The van der Waals surface area contributed by atoms with Crippen molar-refractivity contribution in [1.29, 1.82) is 0 Å². The summed E-state index contributed by atoms with van der Waals surface area (Å²) >= 11 is 0. The second-order valence-electron chi connectivity index (χ2n) is 2.79. The number of rotatable bonds is 0. The lowest BCUT2D eigenvalue weighted by molar-refractivity contribution is 0.667. The van der Waals surface area contributed by atoms with E-state index >= 15 is 0 Å². The number of hydrogen-bond donors (Lipinski definition) is 2. The number of nitrogens with zero attached hydrogens (tertiary/aromatic N) is 3. The fraction of sp³-hybridized carbons (Fsp3) is 0. The van der Waals surface area contributed by atoms with Crippen molar-refractivity contribution >= 4 is 11.9 Å². The topological polar surface area (TPSA) is 52.6 Å². The molecule has 0 amide bonds. The SMILES string of the molecule is C1=NC2=CNNN2c2ccncc21. The third-order valence-electron chi connectivity index (χ3n) is 2.01. The highest BCUT2D eigenvalue weighted by molar-refractivity contribution is 5.91. The van der Waals surface area contributed by atoms with Crippen LogP contribution in [0.3, 0.4) is 0 Å². The van der Waals surface area contributed by atoms with E-state index in [-0.39, 0.29) is 0 Å². The van der Waals surface area contributed by atoms with Gasteiger partial charge in [0.05, 0.1) is 11.9 Å². The largest absolute Gasteiger partial charge is 0.307 e. The number of pyridine rings is 1. The Hall–Kier alpha value is -1.88. The van der Waals surface area contributed by atoms with E-state index in [9.17, 15) is 0 Å². The van der Waals surface area contributed by atoms with E-state index in [1.807, 2.05) is 11.1 Å². The van der Waals surface area contributed by atoms with E-state index in [0.29, 0.717) is 0 Å². The van der Waals surface area contributed by atoms with Crippen molar-refractivity contribution in [3.05, 3.63) is 36.0 Å². The summed E-state index contributed by atoms with van der Waals surface area (Å²) in [7, 11) is 0. The summed E-state index contributed by atoms with van der Waals surface area (Å²) in [5, 5.41) is 1.87. The molecule has 0 aromatic carbocycles. The Morgan fingerprint density at radius 1 is 1.38 bits per heavy atom. The van der Waals surface area contributed by atoms with Crippen LogP contribution in [0.25, 0.3) is 0 Å². The van der Waals surface area contributed by atoms with Crippen LogP contribution in [0.15, 0.2) is 35.5 Å². The minimum atomic E-state index is 0.860. The third kappa shape index (κ3) is 0.844. The van der Waals surface area contributed by atoms with Gasteiger partial charge in [0, 0.05) is 24.2 Å². The van der Waals surface area contributed by atoms with Gasteiger partial charge in [0.15, 0.2) is 5.82 Å². The maximum Gasteiger partial charge on any atom is 0.166 e. The molecule has 0 spiro atoms.